The molecule has 4 aliphatic rings. The van der Waals surface area contributed by atoms with Crippen LogP contribution in [0.3, 0.4) is 0 Å². The molecule has 0 amide bonds. The van der Waals surface area contributed by atoms with Crippen molar-refractivity contribution in [2.75, 3.05) is 19.8 Å². The molecule has 3 aromatic carbocycles. The molecule has 5 heterocycles. The van der Waals surface area contributed by atoms with Crippen LogP contribution in [0.4, 0.5) is 0 Å². The molecular weight excluding hydrogens is 1020 g/mol. The molecule has 0 radical (unpaired) electrons. The van der Waals surface area contributed by atoms with Crippen molar-refractivity contribution in [2.45, 2.75) is 130 Å². The quantitative estimate of drug-likeness (QED) is 0.0324. The van der Waals surface area contributed by atoms with Crippen molar-refractivity contribution in [3.8, 4) is 51.6 Å². The summed E-state index contributed by atoms with van der Waals surface area (Å²) in [6.45, 7) is -0.963. The molecule has 4 fully saturated rings. The average molecular weight is 1080 g/mol. The molecule has 0 aliphatic carbocycles. The molecule has 76 heavy (non-hydrogen) atoms. The van der Waals surface area contributed by atoms with Crippen molar-refractivity contribution in [1.29, 1.82) is 0 Å². The lowest BCUT2D eigenvalue weighted by Gasteiger charge is -2.48. The number of rotatable bonds is 14. The zero-order chi connectivity index (χ0) is 55.2. The minimum atomic E-state index is -2.22. The number of phenols is 6. The first-order chi connectivity index (χ1) is 36.0. The average Bonchev–Trinajstić information content (AvgIpc) is 3.41. The van der Waals surface area contributed by atoms with Crippen LogP contribution < -0.4 is 10.2 Å². The second kappa shape index (κ2) is 22.9. The number of carbonyl (C=O) groups is 1. The van der Waals surface area contributed by atoms with Gasteiger partial charge in [0, 0.05) is 35.8 Å². The molecular formula is C48H56O28. The maximum atomic E-state index is 14.5. The summed E-state index contributed by atoms with van der Waals surface area (Å²) in [6.07, 6.45) is -34.1. The molecule has 28 nitrogen and oxygen atoms in total. The highest BCUT2D eigenvalue weighted by atomic mass is 16.8. The Morgan fingerprint density at radius 3 is 1.96 bits per heavy atom. The fourth-order valence-electron chi connectivity index (χ4n) is 8.96. The zero-order valence-electron chi connectivity index (χ0n) is 39.6. The number of benzene rings is 3. The first-order valence-electron chi connectivity index (χ1n) is 23.4. The third-order valence-electron chi connectivity index (χ3n) is 13.3. The van der Waals surface area contributed by atoms with E-state index < -0.39 is 211 Å². The normalized spacial score (nSPS) is 35.1. The van der Waals surface area contributed by atoms with Crippen molar-refractivity contribution < 1.29 is 134 Å². The Morgan fingerprint density at radius 1 is 0.645 bits per heavy atom. The van der Waals surface area contributed by atoms with Gasteiger partial charge in [-0.15, -0.1) is 0 Å². The summed E-state index contributed by atoms with van der Waals surface area (Å²) in [5.74, 6) is -6.47. The molecule has 28 heteroatoms. The fourth-order valence-corrected chi connectivity index (χ4v) is 8.96. The summed E-state index contributed by atoms with van der Waals surface area (Å²) in [7, 11) is 0. The van der Waals surface area contributed by atoms with Crippen LogP contribution in [0.2, 0.25) is 0 Å². The van der Waals surface area contributed by atoms with Crippen molar-refractivity contribution in [3.63, 3.8) is 0 Å². The molecule has 1 aromatic heterocycles. The number of fused-ring (bicyclic) bond motifs is 1. The summed E-state index contributed by atoms with van der Waals surface area (Å²) in [5, 5.41) is 181. The second-order valence-corrected chi connectivity index (χ2v) is 18.5. The van der Waals surface area contributed by atoms with Crippen LogP contribution in [-0.4, -0.2) is 229 Å². The number of carbonyl (C=O) groups excluding carboxylic acids is 1. The van der Waals surface area contributed by atoms with Crippen LogP contribution in [0, 0.1) is 0 Å². The first kappa shape index (κ1) is 56.2. The number of hydrogen-bond donors (Lipinski definition) is 17. The van der Waals surface area contributed by atoms with E-state index in [1.54, 1.807) is 0 Å². The van der Waals surface area contributed by atoms with E-state index in [4.69, 9.17) is 42.3 Å². The molecule has 416 valence electrons. The van der Waals surface area contributed by atoms with Gasteiger partial charge in [-0.25, -0.2) is 4.79 Å². The lowest BCUT2D eigenvalue weighted by molar-refractivity contribution is -0.388. The van der Waals surface area contributed by atoms with Gasteiger partial charge in [0.1, 0.15) is 120 Å². The van der Waals surface area contributed by atoms with Gasteiger partial charge in [0.15, 0.2) is 35.9 Å². The van der Waals surface area contributed by atoms with E-state index in [0.717, 1.165) is 42.5 Å². The molecule has 0 bridgehead atoms. The minimum absolute atomic E-state index is 0.241. The maximum absolute atomic E-state index is 14.5. The Labute approximate surface area is 427 Å². The van der Waals surface area contributed by atoms with E-state index in [9.17, 15) is 96.4 Å². The first-order valence-corrected chi connectivity index (χ1v) is 23.4. The number of aromatic hydroxyl groups is 6. The molecule has 0 spiro atoms. The Hall–Kier alpha value is -6.00. The predicted octanol–water partition coefficient (Wildman–Crippen LogP) is -4.16. The lowest BCUT2D eigenvalue weighted by atomic mass is 9.93. The summed E-state index contributed by atoms with van der Waals surface area (Å²) < 4.78 is 52.1. The topological polar surface area (TPSA) is 465 Å². The smallest absolute Gasteiger partial charge is 0.330 e. The van der Waals surface area contributed by atoms with E-state index in [2.05, 4.69) is 0 Å². The van der Waals surface area contributed by atoms with Crippen LogP contribution in [0.25, 0.3) is 28.4 Å². The van der Waals surface area contributed by atoms with Gasteiger partial charge in [-0.2, -0.15) is 0 Å². The van der Waals surface area contributed by atoms with E-state index in [1.807, 2.05) is 0 Å². The van der Waals surface area contributed by atoms with Crippen LogP contribution >= 0.6 is 0 Å². The van der Waals surface area contributed by atoms with Gasteiger partial charge in [-0.1, -0.05) is 6.07 Å². The Morgan fingerprint density at radius 2 is 1.28 bits per heavy atom. The minimum Gasteiger partial charge on any atom is -0.508 e. The SMILES string of the molecule is CC1O[C@@H](Oc2c(-c3cc(O)c(C[C@@H]4OC[C@@H](O)[C@@H](O)C4O)c(O)c3)oc3cc(O)cc(O)c3c2=O)C(O[C@@H]2OC(COC(=O)/C=C/c3ccc(O)c(O)c3)[C@@H](O)[C@@H](O)C2O[C@@H]2OC(CO)[C@@H](O)[C@@H](O)C2O)[C@@H](O)[C@H]1O. The highest BCUT2D eigenvalue weighted by molar-refractivity contribution is 5.89. The van der Waals surface area contributed by atoms with Gasteiger partial charge >= 0.3 is 5.97 Å². The Bertz CT molecular complexity index is 2780. The van der Waals surface area contributed by atoms with Crippen LogP contribution in [0.15, 0.2) is 57.8 Å². The predicted molar refractivity (Wildman–Crippen MR) is 247 cm³/mol. The van der Waals surface area contributed by atoms with Gasteiger partial charge in [0.25, 0.3) is 0 Å². The van der Waals surface area contributed by atoms with Crippen molar-refractivity contribution in [3.05, 3.63) is 69.9 Å². The monoisotopic (exact) mass is 1080 g/mol. The molecule has 8 rings (SSSR count). The number of aliphatic hydroxyl groups excluding tert-OH is 11. The zero-order valence-corrected chi connectivity index (χ0v) is 39.6. The van der Waals surface area contributed by atoms with Crippen molar-refractivity contribution in [2.24, 2.45) is 0 Å². The third kappa shape index (κ3) is 11.3. The standard InChI is InChI=1S/C48H56O28/c1-15-32(58)39(65)44(76-48-45(75-46-41(67)38(64)35(61)28(12-49)72-46)40(66)36(62)29(73-48)14-69-30(57)5-3-16-2-4-20(51)23(54)6-16)47(70-15)74-43-37(63)31-24(55)9-18(50)10-26(31)71-42(43)17-7-21(52)19(22(53)8-17)11-27-34(60)33(59)25(56)13-68-27/h2-10,15,25,27-29,32-36,38-41,44-56,58-62,64-67H,11-14H2,1H3/b5-3+/t15?,25-,27+,28?,29?,32+,33-,34?,35-,36-,38-,39+,40-,41?,44?,45?,46+,47+,48+/m1/s1. The molecule has 4 saturated heterocycles. The molecule has 0 saturated carbocycles. The van der Waals surface area contributed by atoms with Gasteiger partial charge in [0.05, 0.1) is 25.4 Å². The van der Waals surface area contributed by atoms with Gasteiger partial charge in [0.2, 0.25) is 17.5 Å². The lowest BCUT2D eigenvalue weighted by Crippen LogP contribution is -2.67. The molecule has 7 unspecified atom stereocenters. The van der Waals surface area contributed by atoms with Crippen LogP contribution in [0.1, 0.15) is 18.1 Å². The third-order valence-corrected chi connectivity index (χ3v) is 13.3. The largest absolute Gasteiger partial charge is 0.508 e. The Balaban J connectivity index is 1.15. The highest BCUT2D eigenvalue weighted by Gasteiger charge is 2.55. The summed E-state index contributed by atoms with van der Waals surface area (Å²) in [6, 6.07) is 7.23. The molecule has 19 atom stereocenters. The van der Waals surface area contributed by atoms with Crippen molar-refractivity contribution >= 4 is 23.0 Å². The number of esters is 1. The number of phenolic OH excluding ortho intramolecular Hbond substituents is 6. The van der Waals surface area contributed by atoms with Gasteiger partial charge in [-0.3, -0.25) is 4.79 Å². The van der Waals surface area contributed by atoms with Crippen LogP contribution in [0.5, 0.6) is 40.2 Å². The maximum Gasteiger partial charge on any atom is 0.330 e. The molecule has 4 aliphatic heterocycles. The number of aliphatic hydroxyl groups is 11. The van der Waals surface area contributed by atoms with Gasteiger partial charge in [-0.05, 0) is 42.8 Å². The second-order valence-electron chi connectivity index (χ2n) is 18.5. The summed E-state index contributed by atoms with van der Waals surface area (Å²) >= 11 is 0. The number of hydrogen-bond acceptors (Lipinski definition) is 28. The highest BCUT2D eigenvalue weighted by Crippen LogP contribution is 2.43. The summed E-state index contributed by atoms with van der Waals surface area (Å²) in [5.41, 5.74) is -2.09. The van der Waals surface area contributed by atoms with E-state index in [1.165, 1.54) is 19.1 Å². The fraction of sp³-hybridized carbons (Fsp3) is 0.500. The van der Waals surface area contributed by atoms with Crippen molar-refractivity contribution in [1.82, 2.24) is 0 Å². The molecule has 4 aromatic rings. The van der Waals surface area contributed by atoms with E-state index in [-0.39, 0.29) is 16.7 Å². The Kier molecular flexibility index (Phi) is 16.9. The van der Waals surface area contributed by atoms with Crippen LogP contribution in [-0.2, 0) is 44.4 Å². The van der Waals surface area contributed by atoms with Gasteiger partial charge < -0.3 is 129 Å². The van der Waals surface area contributed by atoms with E-state index >= 15 is 0 Å². The molecule has 17 N–H and O–H groups in total. The van der Waals surface area contributed by atoms with E-state index in [0.29, 0.717) is 0 Å². The number of ether oxygens (including phenoxy) is 8. The summed E-state index contributed by atoms with van der Waals surface area (Å²) in [4.78, 5) is 27.4.